The first kappa shape index (κ1) is 22.2. The van der Waals surface area contributed by atoms with Gasteiger partial charge in [0.05, 0.1) is 23.1 Å². The number of amides is 1. The zero-order valence-electron chi connectivity index (χ0n) is 17.6. The summed E-state index contributed by atoms with van der Waals surface area (Å²) in [6.07, 6.45) is 0. The lowest BCUT2D eigenvalue weighted by atomic mass is 10.2. The van der Waals surface area contributed by atoms with Gasteiger partial charge < -0.3 is 14.6 Å². The molecule has 0 saturated heterocycles. The molecule has 0 atom stereocenters. The highest BCUT2D eigenvalue weighted by atomic mass is 32.2. The van der Waals surface area contributed by atoms with E-state index in [1.807, 2.05) is 61.7 Å². The van der Waals surface area contributed by atoms with Crippen molar-refractivity contribution < 1.29 is 14.3 Å². The van der Waals surface area contributed by atoms with Crippen molar-refractivity contribution in [3.05, 3.63) is 77.1 Å². The van der Waals surface area contributed by atoms with E-state index in [1.165, 1.54) is 11.8 Å². The molecule has 1 amide bonds. The van der Waals surface area contributed by atoms with E-state index in [1.54, 1.807) is 18.2 Å². The van der Waals surface area contributed by atoms with Crippen LogP contribution < -0.4 is 5.32 Å². The van der Waals surface area contributed by atoms with Crippen LogP contribution in [-0.4, -0.2) is 28.8 Å². The summed E-state index contributed by atoms with van der Waals surface area (Å²) in [5.74, 6) is -0.710. The fourth-order valence-corrected chi connectivity index (χ4v) is 3.93. The second-order valence-electron chi connectivity index (χ2n) is 7.02. The molecule has 0 bridgehead atoms. The molecule has 0 spiro atoms. The molecule has 0 fully saturated rings. The number of carbonyl (C=O) groups excluding carboxylic acids is 2. The maximum atomic E-state index is 12.6. The van der Waals surface area contributed by atoms with Crippen LogP contribution in [0.1, 0.15) is 27.3 Å². The first-order chi connectivity index (χ1) is 14.9. The molecule has 1 heterocycles. The SMILES string of the molecule is Cc1ccc(-n2c(C)cc(C(=O)OCC(=O)Nc3ccccc3SCC#N)c2C)cc1. The van der Waals surface area contributed by atoms with Gasteiger partial charge in [0, 0.05) is 22.0 Å². The standard InChI is InChI=1S/C24H23N3O3S/c1-16-8-10-19(11-9-16)27-17(2)14-20(18(27)3)24(29)30-15-23(28)26-21-6-4-5-7-22(21)31-13-12-25/h4-11,14H,13,15H2,1-3H3,(H,26,28). The topological polar surface area (TPSA) is 84.1 Å². The van der Waals surface area contributed by atoms with Gasteiger partial charge in [0.25, 0.3) is 5.91 Å². The van der Waals surface area contributed by atoms with Crippen LogP contribution in [0.2, 0.25) is 0 Å². The minimum Gasteiger partial charge on any atom is -0.452 e. The van der Waals surface area contributed by atoms with E-state index in [9.17, 15) is 9.59 Å². The highest BCUT2D eigenvalue weighted by Crippen LogP contribution is 2.26. The van der Waals surface area contributed by atoms with E-state index < -0.39 is 18.5 Å². The molecule has 0 saturated carbocycles. The molecule has 3 aromatic rings. The summed E-state index contributed by atoms with van der Waals surface area (Å²) in [7, 11) is 0. The van der Waals surface area contributed by atoms with Gasteiger partial charge in [0.15, 0.2) is 6.61 Å². The third-order valence-electron chi connectivity index (χ3n) is 4.73. The van der Waals surface area contributed by atoms with Gasteiger partial charge in [0.2, 0.25) is 0 Å². The average molecular weight is 434 g/mol. The summed E-state index contributed by atoms with van der Waals surface area (Å²) >= 11 is 1.33. The van der Waals surface area contributed by atoms with E-state index >= 15 is 0 Å². The number of para-hydroxylation sites is 1. The smallest absolute Gasteiger partial charge is 0.340 e. The van der Waals surface area contributed by atoms with Crippen molar-refractivity contribution in [2.75, 3.05) is 17.7 Å². The van der Waals surface area contributed by atoms with Crippen LogP contribution in [0.15, 0.2) is 59.5 Å². The van der Waals surface area contributed by atoms with E-state index in [0.717, 1.165) is 27.5 Å². The monoisotopic (exact) mass is 433 g/mol. The average Bonchev–Trinajstić information content (AvgIpc) is 3.06. The zero-order valence-corrected chi connectivity index (χ0v) is 18.5. The van der Waals surface area contributed by atoms with E-state index in [2.05, 4.69) is 11.4 Å². The maximum Gasteiger partial charge on any atom is 0.340 e. The third-order valence-corrected chi connectivity index (χ3v) is 5.67. The number of hydrogen-bond donors (Lipinski definition) is 1. The first-order valence-electron chi connectivity index (χ1n) is 9.72. The van der Waals surface area contributed by atoms with Crippen LogP contribution in [0.25, 0.3) is 5.69 Å². The van der Waals surface area contributed by atoms with Crippen molar-refractivity contribution in [3.63, 3.8) is 0 Å². The Morgan fingerprint density at radius 2 is 1.81 bits per heavy atom. The van der Waals surface area contributed by atoms with Crippen molar-refractivity contribution in [1.82, 2.24) is 4.57 Å². The van der Waals surface area contributed by atoms with Crippen molar-refractivity contribution in [2.45, 2.75) is 25.7 Å². The lowest BCUT2D eigenvalue weighted by Crippen LogP contribution is -2.21. The van der Waals surface area contributed by atoms with Crippen LogP contribution in [0, 0.1) is 32.1 Å². The predicted molar refractivity (Wildman–Crippen MR) is 122 cm³/mol. The van der Waals surface area contributed by atoms with Gasteiger partial charge in [-0.2, -0.15) is 5.26 Å². The molecule has 1 aromatic heterocycles. The Labute approximate surface area is 185 Å². The summed E-state index contributed by atoms with van der Waals surface area (Å²) in [5, 5.41) is 11.5. The molecule has 6 nitrogen and oxygen atoms in total. The Kier molecular flexibility index (Phi) is 7.16. The Balaban J connectivity index is 1.67. The molecular weight excluding hydrogens is 410 g/mol. The number of nitrogens with one attached hydrogen (secondary N) is 1. The number of aromatic nitrogens is 1. The summed E-state index contributed by atoms with van der Waals surface area (Å²) in [6.45, 7) is 5.40. The second kappa shape index (κ2) is 10.0. The van der Waals surface area contributed by atoms with Gasteiger partial charge in [-0.15, -0.1) is 11.8 Å². The van der Waals surface area contributed by atoms with Gasteiger partial charge >= 0.3 is 5.97 Å². The normalized spacial score (nSPS) is 10.4. The largest absolute Gasteiger partial charge is 0.452 e. The van der Waals surface area contributed by atoms with Crippen LogP contribution in [0.3, 0.4) is 0 Å². The number of nitriles is 1. The zero-order chi connectivity index (χ0) is 22.4. The summed E-state index contributed by atoms with van der Waals surface area (Å²) in [6, 6.07) is 19.1. The number of carbonyl (C=O) groups is 2. The van der Waals surface area contributed by atoms with Crippen molar-refractivity contribution in [3.8, 4) is 11.8 Å². The van der Waals surface area contributed by atoms with Crippen LogP contribution in [-0.2, 0) is 9.53 Å². The number of rotatable bonds is 7. The predicted octanol–water partition coefficient (Wildman–Crippen LogP) is 4.81. The van der Waals surface area contributed by atoms with Crippen molar-refractivity contribution >= 4 is 29.3 Å². The van der Waals surface area contributed by atoms with Gasteiger partial charge in [-0.1, -0.05) is 29.8 Å². The number of benzene rings is 2. The molecule has 3 rings (SSSR count). The molecule has 2 aromatic carbocycles. The number of ether oxygens (including phenoxy) is 1. The molecule has 7 heteroatoms. The Morgan fingerprint density at radius 1 is 1.10 bits per heavy atom. The number of esters is 1. The van der Waals surface area contributed by atoms with Crippen LogP contribution in [0.5, 0.6) is 0 Å². The maximum absolute atomic E-state index is 12.6. The van der Waals surface area contributed by atoms with Crippen LogP contribution >= 0.6 is 11.8 Å². The second-order valence-corrected chi connectivity index (χ2v) is 8.04. The van der Waals surface area contributed by atoms with E-state index in [0.29, 0.717) is 11.3 Å². The lowest BCUT2D eigenvalue weighted by molar-refractivity contribution is -0.119. The third kappa shape index (κ3) is 5.36. The molecule has 1 N–H and O–H groups in total. The van der Waals surface area contributed by atoms with Gasteiger partial charge in [-0.05, 0) is 51.1 Å². The Bertz CT molecular complexity index is 1140. The summed E-state index contributed by atoms with van der Waals surface area (Å²) in [4.78, 5) is 25.7. The molecule has 0 radical (unpaired) electrons. The molecule has 0 aliphatic rings. The molecule has 0 aliphatic carbocycles. The summed E-state index contributed by atoms with van der Waals surface area (Å²) < 4.78 is 7.25. The quantitative estimate of drug-likeness (QED) is 0.427. The minimum atomic E-state index is -0.547. The highest BCUT2D eigenvalue weighted by Gasteiger charge is 2.19. The van der Waals surface area contributed by atoms with Crippen molar-refractivity contribution in [1.29, 1.82) is 5.26 Å². The minimum absolute atomic E-state index is 0.276. The fraction of sp³-hybridized carbons (Fsp3) is 0.208. The summed E-state index contributed by atoms with van der Waals surface area (Å²) in [5.41, 5.74) is 4.79. The molecule has 31 heavy (non-hydrogen) atoms. The lowest BCUT2D eigenvalue weighted by Gasteiger charge is -2.11. The Hall–Kier alpha value is -3.50. The van der Waals surface area contributed by atoms with Crippen LogP contribution in [0.4, 0.5) is 5.69 Å². The first-order valence-corrected chi connectivity index (χ1v) is 10.7. The number of nitrogens with zero attached hydrogens (tertiary/aromatic N) is 2. The molecule has 0 unspecified atom stereocenters. The van der Waals surface area contributed by atoms with Gasteiger partial charge in [-0.3, -0.25) is 4.79 Å². The van der Waals surface area contributed by atoms with Crippen molar-refractivity contribution in [2.24, 2.45) is 0 Å². The molecular formula is C24H23N3O3S. The van der Waals surface area contributed by atoms with Gasteiger partial charge in [-0.25, -0.2) is 4.79 Å². The number of aryl methyl sites for hydroxylation is 2. The Morgan fingerprint density at radius 3 is 2.52 bits per heavy atom. The number of anilines is 1. The van der Waals surface area contributed by atoms with E-state index in [-0.39, 0.29) is 5.75 Å². The fourth-order valence-electron chi connectivity index (χ4n) is 3.26. The highest BCUT2D eigenvalue weighted by molar-refractivity contribution is 7.99. The molecule has 0 aliphatic heterocycles. The number of thioether (sulfide) groups is 1. The van der Waals surface area contributed by atoms with E-state index in [4.69, 9.17) is 10.00 Å². The number of hydrogen-bond acceptors (Lipinski definition) is 5. The van der Waals surface area contributed by atoms with Gasteiger partial charge in [0.1, 0.15) is 0 Å². The molecule has 158 valence electrons.